The molecule has 0 saturated heterocycles. The van der Waals surface area contributed by atoms with E-state index in [1.807, 2.05) is 31.3 Å². The molecule has 4 nitrogen and oxygen atoms in total. The molecule has 0 aliphatic rings. The van der Waals surface area contributed by atoms with E-state index in [0.29, 0.717) is 11.4 Å². The van der Waals surface area contributed by atoms with Gasteiger partial charge in [0, 0.05) is 25.2 Å². The molecule has 2 heterocycles. The second kappa shape index (κ2) is 4.75. The van der Waals surface area contributed by atoms with E-state index in [0.717, 1.165) is 5.52 Å². The van der Waals surface area contributed by atoms with Crippen LogP contribution >= 0.6 is 11.6 Å². The molecule has 1 amide bonds. The Morgan fingerprint density at radius 3 is 3.06 bits per heavy atom. The van der Waals surface area contributed by atoms with Crippen LogP contribution in [0.15, 0.2) is 30.6 Å². The maximum atomic E-state index is 12.2. The van der Waals surface area contributed by atoms with Gasteiger partial charge in [0.25, 0.3) is 5.91 Å². The third-order valence-corrected chi connectivity index (χ3v) is 3.31. The molecule has 0 aliphatic heterocycles. The van der Waals surface area contributed by atoms with Gasteiger partial charge >= 0.3 is 0 Å². The quantitative estimate of drug-likeness (QED) is 0.783. The number of hydrogen-bond donors (Lipinski definition) is 0. The highest BCUT2D eigenvalue weighted by molar-refractivity contribution is 6.18. The highest BCUT2D eigenvalue weighted by Crippen LogP contribution is 2.13. The number of carbonyl (C=O) groups is 1. The molecule has 0 bridgehead atoms. The van der Waals surface area contributed by atoms with Crippen molar-refractivity contribution in [3.63, 3.8) is 0 Å². The zero-order valence-corrected chi connectivity index (χ0v) is 10.6. The number of nitrogens with zero attached hydrogens (tertiary/aromatic N) is 3. The summed E-state index contributed by atoms with van der Waals surface area (Å²) in [5, 5.41) is 4.14. The smallest absolute Gasteiger partial charge is 0.257 e. The van der Waals surface area contributed by atoms with Crippen LogP contribution in [0.2, 0.25) is 0 Å². The maximum Gasteiger partial charge on any atom is 0.257 e. The molecular formula is C12H14ClN3O. The van der Waals surface area contributed by atoms with Crippen LogP contribution in [0.4, 0.5) is 0 Å². The molecule has 2 aromatic rings. The van der Waals surface area contributed by atoms with Crippen LogP contribution in [0.25, 0.3) is 5.52 Å². The minimum atomic E-state index is -0.0562. The van der Waals surface area contributed by atoms with Crippen molar-refractivity contribution < 1.29 is 4.79 Å². The van der Waals surface area contributed by atoms with E-state index in [1.54, 1.807) is 22.7 Å². The largest absolute Gasteiger partial charge is 0.338 e. The molecule has 0 aliphatic carbocycles. The SMILES string of the molecule is CC(CCl)N(C)C(=O)c1cnn2ccccc12. The Bertz CT molecular complexity index is 537. The van der Waals surface area contributed by atoms with Crippen LogP contribution in [-0.4, -0.2) is 39.4 Å². The molecule has 2 rings (SSSR count). The predicted molar refractivity (Wildman–Crippen MR) is 67.5 cm³/mol. The Morgan fingerprint density at radius 2 is 2.35 bits per heavy atom. The fourth-order valence-corrected chi connectivity index (χ4v) is 1.80. The van der Waals surface area contributed by atoms with Crippen molar-refractivity contribution in [3.05, 3.63) is 36.2 Å². The number of halogens is 1. The molecule has 0 saturated carbocycles. The van der Waals surface area contributed by atoms with Gasteiger partial charge in [-0.2, -0.15) is 5.10 Å². The summed E-state index contributed by atoms with van der Waals surface area (Å²) < 4.78 is 1.69. The summed E-state index contributed by atoms with van der Waals surface area (Å²) in [7, 11) is 1.75. The average Bonchev–Trinajstić information content (AvgIpc) is 2.79. The Kier molecular flexibility index (Phi) is 3.33. The number of amides is 1. The number of hydrogen-bond acceptors (Lipinski definition) is 2. The summed E-state index contributed by atoms with van der Waals surface area (Å²) in [6.07, 6.45) is 3.41. The van der Waals surface area contributed by atoms with Gasteiger partial charge in [0.2, 0.25) is 0 Å². The highest BCUT2D eigenvalue weighted by Gasteiger charge is 2.19. The van der Waals surface area contributed by atoms with Crippen molar-refractivity contribution in [2.75, 3.05) is 12.9 Å². The van der Waals surface area contributed by atoms with E-state index in [4.69, 9.17) is 11.6 Å². The van der Waals surface area contributed by atoms with Gasteiger partial charge in [-0.1, -0.05) is 6.07 Å². The minimum absolute atomic E-state index is 0.00262. The second-order valence-corrected chi connectivity index (χ2v) is 4.32. The van der Waals surface area contributed by atoms with Crippen LogP contribution in [0.5, 0.6) is 0 Å². The van der Waals surface area contributed by atoms with E-state index >= 15 is 0 Å². The number of rotatable bonds is 3. The monoisotopic (exact) mass is 251 g/mol. The van der Waals surface area contributed by atoms with E-state index in [9.17, 15) is 4.79 Å². The highest BCUT2D eigenvalue weighted by atomic mass is 35.5. The summed E-state index contributed by atoms with van der Waals surface area (Å²) in [5.41, 5.74) is 1.41. The first kappa shape index (κ1) is 11.9. The van der Waals surface area contributed by atoms with Crippen LogP contribution in [0.1, 0.15) is 17.3 Å². The van der Waals surface area contributed by atoms with Gasteiger partial charge in [0.15, 0.2) is 0 Å². The predicted octanol–water partition coefficient (Wildman–Crippen LogP) is 2.03. The zero-order chi connectivity index (χ0) is 12.4. The molecule has 2 aromatic heterocycles. The molecule has 0 N–H and O–H groups in total. The first-order chi connectivity index (χ1) is 8.15. The van der Waals surface area contributed by atoms with Gasteiger partial charge in [0.05, 0.1) is 17.3 Å². The molecule has 0 fully saturated rings. The fraction of sp³-hybridized carbons (Fsp3) is 0.333. The van der Waals surface area contributed by atoms with Gasteiger partial charge in [-0.25, -0.2) is 4.52 Å². The molecule has 0 radical (unpaired) electrons. The molecule has 90 valence electrons. The number of alkyl halides is 1. The molecule has 1 atom stereocenters. The van der Waals surface area contributed by atoms with Crippen molar-refractivity contribution >= 4 is 23.0 Å². The standard InChI is InChI=1S/C12H14ClN3O/c1-9(7-13)15(2)12(17)10-8-14-16-6-4-3-5-11(10)16/h3-6,8-9H,7H2,1-2H3. The van der Waals surface area contributed by atoms with Crippen LogP contribution in [-0.2, 0) is 0 Å². The lowest BCUT2D eigenvalue weighted by Crippen LogP contribution is -2.36. The fourth-order valence-electron chi connectivity index (χ4n) is 1.59. The third-order valence-electron chi connectivity index (χ3n) is 2.86. The van der Waals surface area contributed by atoms with Gasteiger partial charge in [0.1, 0.15) is 0 Å². The lowest BCUT2D eigenvalue weighted by molar-refractivity contribution is 0.0758. The first-order valence-electron chi connectivity index (χ1n) is 5.40. The van der Waals surface area contributed by atoms with E-state index in [2.05, 4.69) is 5.10 Å². The lowest BCUT2D eigenvalue weighted by Gasteiger charge is -2.22. The minimum Gasteiger partial charge on any atom is -0.338 e. The van der Waals surface area contributed by atoms with Gasteiger partial charge in [-0.3, -0.25) is 4.79 Å². The summed E-state index contributed by atoms with van der Waals surface area (Å²) in [4.78, 5) is 13.9. The zero-order valence-electron chi connectivity index (χ0n) is 9.80. The Morgan fingerprint density at radius 1 is 1.59 bits per heavy atom. The van der Waals surface area contributed by atoms with E-state index in [1.165, 1.54) is 0 Å². The summed E-state index contributed by atoms with van der Waals surface area (Å²) in [5.74, 6) is 0.362. The molecule has 1 unspecified atom stereocenters. The van der Waals surface area contributed by atoms with Crippen LogP contribution < -0.4 is 0 Å². The van der Waals surface area contributed by atoms with Gasteiger partial charge in [-0.15, -0.1) is 11.6 Å². The van der Waals surface area contributed by atoms with E-state index < -0.39 is 0 Å². The maximum absolute atomic E-state index is 12.2. The molecular weight excluding hydrogens is 238 g/mol. The van der Waals surface area contributed by atoms with Crippen molar-refractivity contribution in [1.82, 2.24) is 14.5 Å². The van der Waals surface area contributed by atoms with Crippen LogP contribution in [0.3, 0.4) is 0 Å². The Labute approximate surface area is 105 Å². The van der Waals surface area contributed by atoms with Gasteiger partial charge < -0.3 is 4.90 Å². The number of carbonyl (C=O) groups excluding carboxylic acids is 1. The molecule has 0 aromatic carbocycles. The topological polar surface area (TPSA) is 37.6 Å². The first-order valence-corrected chi connectivity index (χ1v) is 5.94. The average molecular weight is 252 g/mol. The normalized spacial score (nSPS) is 12.6. The van der Waals surface area contributed by atoms with Crippen molar-refractivity contribution in [2.24, 2.45) is 0 Å². The third kappa shape index (κ3) is 2.13. The van der Waals surface area contributed by atoms with Crippen molar-refractivity contribution in [1.29, 1.82) is 0 Å². The Hall–Kier alpha value is -1.55. The number of aromatic nitrogens is 2. The molecule has 0 spiro atoms. The van der Waals surface area contributed by atoms with Crippen molar-refractivity contribution in [2.45, 2.75) is 13.0 Å². The lowest BCUT2D eigenvalue weighted by atomic mass is 10.2. The molecule has 17 heavy (non-hydrogen) atoms. The summed E-state index contributed by atoms with van der Waals surface area (Å²) in [6.45, 7) is 1.91. The summed E-state index contributed by atoms with van der Waals surface area (Å²) >= 11 is 5.76. The molecule has 5 heteroatoms. The van der Waals surface area contributed by atoms with Crippen LogP contribution in [0, 0.1) is 0 Å². The summed E-state index contributed by atoms with van der Waals surface area (Å²) in [6, 6.07) is 5.64. The second-order valence-electron chi connectivity index (χ2n) is 4.01. The van der Waals surface area contributed by atoms with Crippen molar-refractivity contribution in [3.8, 4) is 0 Å². The number of fused-ring (bicyclic) bond motifs is 1. The Balaban J connectivity index is 2.37. The number of pyridine rings is 1. The van der Waals surface area contributed by atoms with E-state index in [-0.39, 0.29) is 11.9 Å². The van der Waals surface area contributed by atoms with Gasteiger partial charge in [-0.05, 0) is 19.1 Å².